The molecule has 110 valence electrons. The Morgan fingerprint density at radius 2 is 2.30 bits per heavy atom. The van der Waals surface area contributed by atoms with Crippen molar-refractivity contribution in [3.8, 4) is 0 Å². The van der Waals surface area contributed by atoms with Gasteiger partial charge >= 0.3 is 0 Å². The number of aliphatic hydroxyl groups excluding tert-OH is 1. The molecule has 0 heterocycles. The predicted octanol–water partition coefficient (Wildman–Crippen LogP) is 2.23. The molecule has 1 aromatic rings. The van der Waals surface area contributed by atoms with E-state index in [9.17, 15) is 14.3 Å². The molecule has 0 saturated heterocycles. The molecule has 0 radical (unpaired) electrons. The van der Waals surface area contributed by atoms with E-state index in [-0.39, 0.29) is 24.2 Å². The largest absolute Gasteiger partial charge is 0.392 e. The smallest absolute Gasteiger partial charge is 0.238 e. The molecule has 0 bridgehead atoms. The molecule has 1 aliphatic rings. The first-order chi connectivity index (χ1) is 9.45. The maximum absolute atomic E-state index is 13.6. The number of rotatable bonds is 6. The first-order valence-electron chi connectivity index (χ1n) is 6.57. The molecule has 1 atom stereocenters. The van der Waals surface area contributed by atoms with Crippen LogP contribution in [0, 0.1) is 11.7 Å². The average molecular weight is 345 g/mol. The summed E-state index contributed by atoms with van der Waals surface area (Å²) in [4.78, 5) is 13.6. The number of likely N-dealkylation sites (N-methyl/N-ethyl adjacent to an activating group) is 1. The van der Waals surface area contributed by atoms with Crippen molar-refractivity contribution in [3.05, 3.63) is 28.5 Å². The summed E-state index contributed by atoms with van der Waals surface area (Å²) < 4.78 is 14.2. The molecular weight excluding hydrogens is 327 g/mol. The Morgan fingerprint density at radius 3 is 2.90 bits per heavy atom. The number of nitrogens with one attached hydrogen (secondary N) is 1. The number of amides is 1. The Bertz CT molecular complexity index is 494. The monoisotopic (exact) mass is 344 g/mol. The molecule has 2 rings (SSSR count). The molecule has 1 saturated carbocycles. The van der Waals surface area contributed by atoms with Crippen molar-refractivity contribution in [2.75, 3.05) is 25.5 Å². The van der Waals surface area contributed by atoms with Crippen LogP contribution in [0.4, 0.5) is 10.1 Å². The Hall–Kier alpha value is -0.980. The van der Waals surface area contributed by atoms with Crippen LogP contribution in [0.25, 0.3) is 0 Å². The highest BCUT2D eigenvalue weighted by Gasteiger charge is 2.30. The highest BCUT2D eigenvalue weighted by molar-refractivity contribution is 9.10. The van der Waals surface area contributed by atoms with E-state index in [2.05, 4.69) is 21.2 Å². The van der Waals surface area contributed by atoms with Crippen LogP contribution in [0.3, 0.4) is 0 Å². The second-order valence-corrected chi connectivity index (χ2v) is 6.19. The maximum atomic E-state index is 13.6. The number of carbonyl (C=O) groups is 1. The van der Waals surface area contributed by atoms with Gasteiger partial charge in [0.2, 0.25) is 5.91 Å². The zero-order valence-corrected chi connectivity index (χ0v) is 12.9. The normalized spacial score (nSPS) is 16.2. The van der Waals surface area contributed by atoms with Crippen LogP contribution in [-0.2, 0) is 4.79 Å². The molecule has 20 heavy (non-hydrogen) atoms. The molecule has 1 aromatic carbocycles. The third kappa shape index (κ3) is 4.54. The lowest BCUT2D eigenvalue weighted by Gasteiger charge is -2.19. The number of halogens is 2. The number of hydrogen-bond donors (Lipinski definition) is 2. The first kappa shape index (κ1) is 15.4. The van der Waals surface area contributed by atoms with Gasteiger partial charge in [-0.15, -0.1) is 0 Å². The van der Waals surface area contributed by atoms with E-state index in [0.29, 0.717) is 16.9 Å². The van der Waals surface area contributed by atoms with Gasteiger partial charge in [0.15, 0.2) is 0 Å². The van der Waals surface area contributed by atoms with Gasteiger partial charge in [-0.3, -0.25) is 9.69 Å². The topological polar surface area (TPSA) is 52.6 Å². The minimum atomic E-state index is -0.478. The third-order valence-electron chi connectivity index (χ3n) is 3.28. The average Bonchev–Trinajstić information content (AvgIpc) is 3.16. The van der Waals surface area contributed by atoms with Gasteiger partial charge < -0.3 is 10.4 Å². The Kier molecular flexibility index (Phi) is 5.12. The van der Waals surface area contributed by atoms with Gasteiger partial charge in [-0.2, -0.15) is 0 Å². The van der Waals surface area contributed by atoms with Crippen molar-refractivity contribution in [2.24, 2.45) is 5.92 Å². The summed E-state index contributed by atoms with van der Waals surface area (Å²) in [5.41, 5.74) is 0.161. The van der Waals surface area contributed by atoms with Crippen molar-refractivity contribution >= 4 is 27.5 Å². The Labute approximate surface area is 126 Å². The van der Waals surface area contributed by atoms with Crippen molar-refractivity contribution in [2.45, 2.75) is 18.9 Å². The molecule has 0 spiro atoms. The number of hydrogen-bond acceptors (Lipinski definition) is 3. The van der Waals surface area contributed by atoms with Gasteiger partial charge in [0.25, 0.3) is 0 Å². The summed E-state index contributed by atoms with van der Waals surface area (Å²) in [6.07, 6.45) is 1.74. The van der Waals surface area contributed by atoms with Gasteiger partial charge in [-0.25, -0.2) is 4.39 Å². The van der Waals surface area contributed by atoms with Crippen LogP contribution in [-0.4, -0.2) is 42.2 Å². The van der Waals surface area contributed by atoms with Gasteiger partial charge in [-0.1, -0.05) is 15.9 Å². The Morgan fingerprint density at radius 1 is 1.60 bits per heavy atom. The van der Waals surface area contributed by atoms with E-state index in [1.54, 1.807) is 18.0 Å². The quantitative estimate of drug-likeness (QED) is 0.831. The van der Waals surface area contributed by atoms with Gasteiger partial charge in [0.1, 0.15) is 5.82 Å². The fraction of sp³-hybridized carbons (Fsp3) is 0.500. The Balaban J connectivity index is 1.81. The lowest BCUT2D eigenvalue weighted by molar-refractivity contribution is -0.117. The molecule has 4 nitrogen and oxygen atoms in total. The fourth-order valence-electron chi connectivity index (χ4n) is 2.04. The molecule has 6 heteroatoms. The molecule has 1 fully saturated rings. The van der Waals surface area contributed by atoms with Gasteiger partial charge in [0.05, 0.1) is 18.3 Å². The molecule has 1 unspecified atom stereocenters. The second-order valence-electron chi connectivity index (χ2n) is 5.27. The van der Waals surface area contributed by atoms with Gasteiger partial charge in [-0.05, 0) is 44.0 Å². The van der Waals surface area contributed by atoms with Crippen molar-refractivity contribution in [1.29, 1.82) is 0 Å². The molecular formula is C14H18BrFN2O2. The van der Waals surface area contributed by atoms with Crippen molar-refractivity contribution in [1.82, 2.24) is 4.90 Å². The lowest BCUT2D eigenvalue weighted by atomic mass is 10.2. The zero-order valence-electron chi connectivity index (χ0n) is 11.3. The van der Waals surface area contributed by atoms with Crippen molar-refractivity contribution in [3.63, 3.8) is 0 Å². The first-order valence-corrected chi connectivity index (χ1v) is 7.36. The van der Waals surface area contributed by atoms with Crippen LogP contribution in [0.2, 0.25) is 0 Å². The number of nitrogens with zero attached hydrogens (tertiary/aromatic N) is 1. The van der Waals surface area contributed by atoms with Crippen LogP contribution < -0.4 is 5.32 Å². The summed E-state index contributed by atoms with van der Waals surface area (Å²) in [5, 5.41) is 12.3. The van der Waals surface area contributed by atoms with Crippen molar-refractivity contribution < 1.29 is 14.3 Å². The summed E-state index contributed by atoms with van der Waals surface area (Å²) in [6, 6.07) is 4.48. The zero-order chi connectivity index (χ0) is 14.7. The van der Waals surface area contributed by atoms with Crippen LogP contribution in [0.5, 0.6) is 0 Å². The van der Waals surface area contributed by atoms with E-state index < -0.39 is 5.82 Å². The summed E-state index contributed by atoms with van der Waals surface area (Å²) >= 11 is 3.16. The van der Waals surface area contributed by atoms with E-state index >= 15 is 0 Å². The number of carbonyl (C=O) groups excluding carboxylic acids is 1. The summed E-state index contributed by atoms with van der Waals surface area (Å²) in [7, 11) is 1.77. The highest BCUT2D eigenvalue weighted by atomic mass is 79.9. The summed E-state index contributed by atoms with van der Waals surface area (Å²) in [6.45, 7) is 0.584. The number of benzene rings is 1. The molecule has 1 aliphatic carbocycles. The number of anilines is 1. The van der Waals surface area contributed by atoms with Gasteiger partial charge in [0, 0.05) is 11.0 Å². The lowest BCUT2D eigenvalue weighted by Crippen LogP contribution is -2.36. The highest BCUT2D eigenvalue weighted by Crippen LogP contribution is 2.32. The minimum Gasteiger partial charge on any atom is -0.392 e. The SMILES string of the molecule is CN(CC(=O)Nc1ccc(Br)cc1F)CC(O)C1CC1. The molecule has 2 N–H and O–H groups in total. The standard InChI is InChI=1S/C14H18BrFN2O2/c1-18(7-13(19)9-2-3-9)8-14(20)17-12-5-4-10(15)6-11(12)16/h4-6,9,13,19H,2-3,7-8H2,1H3,(H,17,20). The summed E-state index contributed by atoms with van der Waals surface area (Å²) in [5.74, 6) is -0.394. The number of aliphatic hydroxyl groups is 1. The van der Waals surface area contributed by atoms with Crippen LogP contribution in [0.15, 0.2) is 22.7 Å². The molecule has 1 amide bonds. The second kappa shape index (κ2) is 6.65. The van der Waals surface area contributed by atoms with E-state index in [4.69, 9.17) is 0 Å². The fourth-order valence-corrected chi connectivity index (χ4v) is 2.37. The van der Waals surface area contributed by atoms with Crippen LogP contribution >= 0.6 is 15.9 Å². The van der Waals surface area contributed by atoms with Crippen LogP contribution in [0.1, 0.15) is 12.8 Å². The van der Waals surface area contributed by atoms with E-state index in [1.807, 2.05) is 0 Å². The van der Waals surface area contributed by atoms with E-state index in [0.717, 1.165) is 12.8 Å². The molecule has 0 aliphatic heterocycles. The predicted molar refractivity (Wildman–Crippen MR) is 79.0 cm³/mol. The molecule has 0 aromatic heterocycles. The third-order valence-corrected chi connectivity index (χ3v) is 3.78. The minimum absolute atomic E-state index is 0.124. The maximum Gasteiger partial charge on any atom is 0.238 e. The van der Waals surface area contributed by atoms with E-state index in [1.165, 1.54) is 12.1 Å².